The number of nitrogens with zero attached hydrogens (tertiary/aromatic N) is 1. The van der Waals surface area contributed by atoms with Crippen molar-refractivity contribution in [2.24, 2.45) is 0 Å². The van der Waals surface area contributed by atoms with Gasteiger partial charge in [-0.15, -0.1) is 0 Å². The third-order valence-electron chi connectivity index (χ3n) is 5.77. The number of carbonyl (C=O) groups excluding carboxylic acids is 3. The summed E-state index contributed by atoms with van der Waals surface area (Å²) in [5.41, 5.74) is 3.73. The lowest BCUT2D eigenvalue weighted by Gasteiger charge is -2.38. The van der Waals surface area contributed by atoms with E-state index < -0.39 is 5.54 Å². The molecular formula is C25H21NO3. The fourth-order valence-corrected chi connectivity index (χ4v) is 4.26. The summed E-state index contributed by atoms with van der Waals surface area (Å²) in [5, 5.41) is 0. The summed E-state index contributed by atoms with van der Waals surface area (Å²) in [4.78, 5) is 38.4. The van der Waals surface area contributed by atoms with Gasteiger partial charge in [0.25, 0.3) is 5.91 Å². The van der Waals surface area contributed by atoms with Crippen LogP contribution >= 0.6 is 0 Å². The second-order valence-electron chi connectivity index (χ2n) is 7.39. The molecule has 0 bridgehead atoms. The SMILES string of the molecule is CC(=O)c1ccc(C2(c3ccc(C(C)=O)cc3)c3ccccc3C(=O)N2C)cc1. The minimum atomic E-state index is -0.835. The van der Waals surface area contributed by atoms with Crippen molar-refractivity contribution >= 4 is 17.5 Å². The van der Waals surface area contributed by atoms with Crippen molar-refractivity contribution in [2.45, 2.75) is 19.4 Å². The molecule has 0 N–H and O–H groups in total. The minimum absolute atomic E-state index is 0.00679. The average molecular weight is 383 g/mol. The fraction of sp³-hybridized carbons (Fsp3) is 0.160. The van der Waals surface area contributed by atoms with E-state index in [0.717, 1.165) is 16.7 Å². The first-order valence-corrected chi connectivity index (χ1v) is 9.48. The summed E-state index contributed by atoms with van der Waals surface area (Å²) in [6, 6.07) is 22.4. The summed E-state index contributed by atoms with van der Waals surface area (Å²) in [6.45, 7) is 3.07. The largest absolute Gasteiger partial charge is 0.324 e. The van der Waals surface area contributed by atoms with Crippen LogP contribution in [-0.2, 0) is 5.54 Å². The summed E-state index contributed by atoms with van der Waals surface area (Å²) in [6.07, 6.45) is 0. The molecular weight excluding hydrogens is 362 g/mol. The van der Waals surface area contributed by atoms with Gasteiger partial charge >= 0.3 is 0 Å². The normalized spacial score (nSPS) is 14.6. The predicted octanol–water partition coefficient (Wildman–Crippen LogP) is 4.47. The molecule has 0 saturated carbocycles. The lowest BCUT2D eigenvalue weighted by Crippen LogP contribution is -2.43. The molecule has 0 spiro atoms. The van der Waals surface area contributed by atoms with E-state index in [0.29, 0.717) is 16.7 Å². The molecule has 1 heterocycles. The quantitative estimate of drug-likeness (QED) is 0.625. The highest BCUT2D eigenvalue weighted by atomic mass is 16.2. The van der Waals surface area contributed by atoms with Crippen molar-refractivity contribution in [3.63, 3.8) is 0 Å². The fourth-order valence-electron chi connectivity index (χ4n) is 4.26. The van der Waals surface area contributed by atoms with Crippen LogP contribution in [0.4, 0.5) is 0 Å². The van der Waals surface area contributed by atoms with Crippen LogP contribution < -0.4 is 0 Å². The predicted molar refractivity (Wildman–Crippen MR) is 111 cm³/mol. The molecule has 144 valence electrons. The lowest BCUT2D eigenvalue weighted by atomic mass is 9.76. The molecule has 4 rings (SSSR count). The van der Waals surface area contributed by atoms with Crippen molar-refractivity contribution < 1.29 is 14.4 Å². The van der Waals surface area contributed by atoms with Crippen LogP contribution in [0.1, 0.15) is 61.6 Å². The zero-order valence-electron chi connectivity index (χ0n) is 16.6. The first-order chi connectivity index (χ1) is 13.9. The molecule has 4 nitrogen and oxygen atoms in total. The maximum Gasteiger partial charge on any atom is 0.255 e. The molecule has 0 aromatic heterocycles. The molecule has 0 saturated heterocycles. The lowest BCUT2D eigenvalue weighted by molar-refractivity contribution is 0.0735. The summed E-state index contributed by atoms with van der Waals surface area (Å²) in [5.74, 6) is -0.0767. The summed E-state index contributed by atoms with van der Waals surface area (Å²) >= 11 is 0. The molecule has 0 aliphatic carbocycles. The highest BCUT2D eigenvalue weighted by Crippen LogP contribution is 2.48. The van der Waals surface area contributed by atoms with E-state index in [-0.39, 0.29) is 17.5 Å². The minimum Gasteiger partial charge on any atom is -0.324 e. The van der Waals surface area contributed by atoms with E-state index in [9.17, 15) is 14.4 Å². The summed E-state index contributed by atoms with van der Waals surface area (Å²) < 4.78 is 0. The van der Waals surface area contributed by atoms with Gasteiger partial charge in [-0.3, -0.25) is 14.4 Å². The first-order valence-electron chi connectivity index (χ1n) is 9.48. The Morgan fingerprint density at radius 1 is 0.724 bits per heavy atom. The van der Waals surface area contributed by atoms with Crippen LogP contribution in [0.3, 0.4) is 0 Å². The number of rotatable bonds is 4. The van der Waals surface area contributed by atoms with E-state index in [2.05, 4.69) is 0 Å². The second kappa shape index (κ2) is 6.82. The Morgan fingerprint density at radius 3 is 1.62 bits per heavy atom. The Morgan fingerprint density at radius 2 is 1.17 bits per heavy atom. The van der Waals surface area contributed by atoms with Crippen LogP contribution in [0.15, 0.2) is 72.8 Å². The molecule has 0 unspecified atom stereocenters. The van der Waals surface area contributed by atoms with E-state index >= 15 is 0 Å². The van der Waals surface area contributed by atoms with Gasteiger partial charge in [-0.1, -0.05) is 66.7 Å². The van der Waals surface area contributed by atoms with Gasteiger partial charge in [0.05, 0.1) is 0 Å². The third-order valence-corrected chi connectivity index (χ3v) is 5.77. The second-order valence-corrected chi connectivity index (χ2v) is 7.39. The molecule has 0 fully saturated rings. The summed E-state index contributed by atoms with van der Waals surface area (Å²) in [7, 11) is 1.79. The van der Waals surface area contributed by atoms with E-state index in [1.165, 1.54) is 13.8 Å². The standard InChI is InChI=1S/C25H21NO3/c1-16(27)18-8-12-20(13-9-18)25(21-14-10-19(11-15-21)17(2)28)23-7-5-4-6-22(23)24(29)26(25)3/h4-15H,1-3H3. The maximum absolute atomic E-state index is 13.1. The Labute approximate surface area is 169 Å². The smallest absolute Gasteiger partial charge is 0.255 e. The molecule has 1 aliphatic heterocycles. The van der Waals surface area contributed by atoms with E-state index in [1.54, 1.807) is 36.2 Å². The maximum atomic E-state index is 13.1. The zero-order valence-corrected chi connectivity index (χ0v) is 16.6. The van der Waals surface area contributed by atoms with Crippen molar-refractivity contribution in [1.82, 2.24) is 4.90 Å². The van der Waals surface area contributed by atoms with Gasteiger partial charge in [-0.25, -0.2) is 0 Å². The number of amides is 1. The third kappa shape index (κ3) is 2.71. The molecule has 0 atom stereocenters. The van der Waals surface area contributed by atoms with Crippen molar-refractivity contribution in [3.05, 3.63) is 106 Å². The van der Waals surface area contributed by atoms with Gasteiger partial charge in [-0.2, -0.15) is 0 Å². The number of hydrogen-bond donors (Lipinski definition) is 0. The number of hydrogen-bond acceptors (Lipinski definition) is 3. The molecule has 1 aliphatic rings. The van der Waals surface area contributed by atoms with Gasteiger partial charge in [-0.05, 0) is 36.6 Å². The monoisotopic (exact) mass is 383 g/mol. The number of benzene rings is 3. The van der Waals surface area contributed by atoms with E-state index in [1.807, 2.05) is 48.5 Å². The van der Waals surface area contributed by atoms with Crippen molar-refractivity contribution in [2.75, 3.05) is 7.05 Å². The van der Waals surface area contributed by atoms with Gasteiger partial charge in [0.2, 0.25) is 0 Å². The van der Waals surface area contributed by atoms with Gasteiger partial charge in [0.1, 0.15) is 5.54 Å². The van der Waals surface area contributed by atoms with Crippen molar-refractivity contribution in [3.8, 4) is 0 Å². The van der Waals surface area contributed by atoms with Crippen LogP contribution in [-0.4, -0.2) is 29.4 Å². The molecule has 4 heteroatoms. The molecule has 3 aromatic rings. The number of Topliss-reactive ketones (excluding diaryl/α,β-unsaturated/α-hetero) is 2. The highest BCUT2D eigenvalue weighted by Gasteiger charge is 2.50. The average Bonchev–Trinajstić information content (AvgIpc) is 2.96. The Bertz CT molecular complexity index is 1070. The van der Waals surface area contributed by atoms with Crippen molar-refractivity contribution in [1.29, 1.82) is 0 Å². The highest BCUT2D eigenvalue weighted by molar-refractivity contribution is 6.02. The molecule has 1 amide bonds. The molecule has 29 heavy (non-hydrogen) atoms. The Hall–Kier alpha value is -3.53. The van der Waals surface area contributed by atoms with Gasteiger partial charge in [0, 0.05) is 23.7 Å². The topological polar surface area (TPSA) is 54.5 Å². The first kappa shape index (κ1) is 18.8. The van der Waals surface area contributed by atoms with Gasteiger partial charge < -0.3 is 4.90 Å². The number of carbonyl (C=O) groups is 3. The number of fused-ring (bicyclic) bond motifs is 1. The Kier molecular flexibility index (Phi) is 4.42. The van der Waals surface area contributed by atoms with Crippen LogP contribution in [0.2, 0.25) is 0 Å². The van der Waals surface area contributed by atoms with E-state index in [4.69, 9.17) is 0 Å². The van der Waals surface area contributed by atoms with Crippen LogP contribution in [0.25, 0.3) is 0 Å². The zero-order chi connectivity index (χ0) is 20.8. The van der Waals surface area contributed by atoms with Gasteiger partial charge in [0.15, 0.2) is 11.6 Å². The number of ketones is 2. The molecule has 0 radical (unpaired) electrons. The molecule has 3 aromatic carbocycles. The van der Waals surface area contributed by atoms with Crippen LogP contribution in [0, 0.1) is 0 Å². The Balaban J connectivity index is 2.01. The van der Waals surface area contributed by atoms with Crippen LogP contribution in [0.5, 0.6) is 0 Å².